The Kier molecular flexibility index (Phi) is 6.05. The second kappa shape index (κ2) is 8.66. The van der Waals surface area contributed by atoms with Crippen molar-refractivity contribution in [3.63, 3.8) is 0 Å². The van der Waals surface area contributed by atoms with Gasteiger partial charge in [0.1, 0.15) is 5.75 Å². The number of H-pyrrole nitrogens is 1. The van der Waals surface area contributed by atoms with Crippen LogP contribution in [0.15, 0.2) is 48.9 Å². The fraction of sp³-hybridized carbons (Fsp3) is 0.300. The summed E-state index contributed by atoms with van der Waals surface area (Å²) in [5, 5.41) is 23.4. The van der Waals surface area contributed by atoms with Crippen LogP contribution < -0.4 is 10.1 Å². The van der Waals surface area contributed by atoms with E-state index in [1.807, 2.05) is 24.4 Å². The number of nitrogens with one attached hydrogen (secondary N) is 2. The molecule has 0 aliphatic heterocycles. The Hall–Kier alpha value is -2.90. The summed E-state index contributed by atoms with van der Waals surface area (Å²) in [6.45, 7) is 2.64. The third-order valence-electron chi connectivity index (χ3n) is 4.39. The lowest BCUT2D eigenvalue weighted by molar-refractivity contribution is -0.144. The molecule has 4 N–H and O–H groups in total. The lowest BCUT2D eigenvalue weighted by atomic mass is 10.1. The van der Waals surface area contributed by atoms with E-state index in [1.165, 1.54) is 6.92 Å². The number of aliphatic carboxylic acids is 1. The van der Waals surface area contributed by atoms with Crippen molar-refractivity contribution in [2.45, 2.75) is 25.6 Å². The lowest BCUT2D eigenvalue weighted by Gasteiger charge is -2.12. The predicted octanol–water partition coefficient (Wildman–Crippen LogP) is 2.28. The molecule has 3 rings (SSSR count). The molecule has 2 aromatic heterocycles. The Bertz CT molecular complexity index is 895. The van der Waals surface area contributed by atoms with Crippen molar-refractivity contribution in [1.82, 2.24) is 15.3 Å². The molecule has 27 heavy (non-hydrogen) atoms. The van der Waals surface area contributed by atoms with Gasteiger partial charge in [0.15, 0.2) is 6.10 Å². The molecule has 0 amide bonds. The van der Waals surface area contributed by atoms with Crippen LogP contribution in [0, 0.1) is 0 Å². The first-order valence-electron chi connectivity index (χ1n) is 8.83. The first kappa shape index (κ1) is 18.9. The number of aromatic nitrogens is 2. The van der Waals surface area contributed by atoms with Gasteiger partial charge >= 0.3 is 5.97 Å². The first-order valence-corrected chi connectivity index (χ1v) is 8.83. The average Bonchev–Trinajstić information content (AvgIpc) is 3.10. The maximum absolute atomic E-state index is 11.0. The van der Waals surface area contributed by atoms with Crippen molar-refractivity contribution < 1.29 is 19.7 Å². The molecular weight excluding hydrogens is 346 g/mol. The zero-order valence-corrected chi connectivity index (χ0v) is 15.1. The number of carboxylic acids is 1. The van der Waals surface area contributed by atoms with E-state index in [9.17, 15) is 9.90 Å². The molecule has 0 aliphatic rings. The van der Waals surface area contributed by atoms with Crippen molar-refractivity contribution in [2.75, 3.05) is 13.1 Å². The zero-order chi connectivity index (χ0) is 19.2. The number of aliphatic hydroxyl groups excluding tert-OH is 1. The van der Waals surface area contributed by atoms with Gasteiger partial charge in [0.05, 0.1) is 11.6 Å². The minimum Gasteiger partial charge on any atom is -0.479 e. The molecular formula is C20H23N3O4. The minimum atomic E-state index is -1.00. The third kappa shape index (κ3) is 4.64. The quantitative estimate of drug-likeness (QED) is 0.431. The highest BCUT2D eigenvalue weighted by Gasteiger charge is 2.15. The molecule has 7 nitrogen and oxygen atoms in total. The Morgan fingerprint density at radius 1 is 1.33 bits per heavy atom. The van der Waals surface area contributed by atoms with Crippen molar-refractivity contribution in [2.24, 2.45) is 0 Å². The van der Waals surface area contributed by atoms with Gasteiger partial charge in [-0.3, -0.25) is 4.98 Å². The van der Waals surface area contributed by atoms with E-state index in [0.717, 1.165) is 28.5 Å². The van der Waals surface area contributed by atoms with Crippen LogP contribution in [0.4, 0.5) is 0 Å². The average molecular weight is 369 g/mol. The van der Waals surface area contributed by atoms with Gasteiger partial charge in [-0.15, -0.1) is 0 Å². The molecule has 3 aromatic rings. The van der Waals surface area contributed by atoms with E-state index in [0.29, 0.717) is 18.8 Å². The van der Waals surface area contributed by atoms with Gasteiger partial charge in [-0.1, -0.05) is 18.2 Å². The van der Waals surface area contributed by atoms with Crippen molar-refractivity contribution in [1.29, 1.82) is 0 Å². The summed E-state index contributed by atoms with van der Waals surface area (Å²) in [5.41, 5.74) is 2.67. The van der Waals surface area contributed by atoms with Crippen LogP contribution in [0.5, 0.6) is 5.75 Å². The number of ether oxygens (including phenoxy) is 1. The summed E-state index contributed by atoms with van der Waals surface area (Å²) < 4.78 is 5.52. The maximum Gasteiger partial charge on any atom is 0.344 e. The van der Waals surface area contributed by atoms with Gasteiger partial charge in [-0.2, -0.15) is 0 Å². The number of pyridine rings is 1. The number of carboxylic acid groups (broad SMARTS) is 1. The molecule has 7 heteroatoms. The Morgan fingerprint density at radius 2 is 2.19 bits per heavy atom. The second-order valence-corrected chi connectivity index (χ2v) is 6.35. The summed E-state index contributed by atoms with van der Waals surface area (Å²) in [7, 11) is 0. The Balaban J connectivity index is 1.59. The van der Waals surface area contributed by atoms with Crippen LogP contribution in [-0.4, -0.2) is 45.3 Å². The molecule has 1 aromatic carbocycles. The number of nitrogens with zero attached hydrogens (tertiary/aromatic N) is 1. The van der Waals surface area contributed by atoms with E-state index >= 15 is 0 Å². The summed E-state index contributed by atoms with van der Waals surface area (Å²) in [6, 6.07) is 9.23. The molecule has 0 unspecified atom stereocenters. The zero-order valence-electron chi connectivity index (χ0n) is 15.1. The Labute approximate surface area is 157 Å². The minimum absolute atomic E-state index is 0.443. The first-order chi connectivity index (χ1) is 13.1. The number of para-hydroxylation sites is 1. The predicted molar refractivity (Wildman–Crippen MR) is 102 cm³/mol. The van der Waals surface area contributed by atoms with E-state index in [2.05, 4.69) is 15.3 Å². The van der Waals surface area contributed by atoms with Gasteiger partial charge in [-0.05, 0) is 37.6 Å². The highest BCUT2D eigenvalue weighted by Crippen LogP contribution is 2.28. The number of hydrogen-bond donors (Lipinski definition) is 4. The summed E-state index contributed by atoms with van der Waals surface area (Å²) >= 11 is 0. The standard InChI is InChI=1S/C20H23N3O4/c1-13(20(25)26)27-18-6-2-5-16-14(11-23-19(16)18)7-9-22-12-17(24)15-4-3-8-21-10-15/h2-6,8,10-11,13,17,22-24H,7,9,12H2,1H3,(H,25,26)/t13-,17+/m0/s1. The highest BCUT2D eigenvalue weighted by molar-refractivity contribution is 5.88. The van der Waals surface area contributed by atoms with E-state index in [-0.39, 0.29) is 0 Å². The van der Waals surface area contributed by atoms with Gasteiger partial charge in [-0.25, -0.2) is 4.79 Å². The third-order valence-corrected chi connectivity index (χ3v) is 4.39. The smallest absolute Gasteiger partial charge is 0.344 e. The number of benzene rings is 1. The molecule has 0 bridgehead atoms. The molecule has 142 valence electrons. The van der Waals surface area contributed by atoms with Gasteiger partial charge < -0.3 is 25.3 Å². The monoisotopic (exact) mass is 369 g/mol. The molecule has 0 saturated heterocycles. The second-order valence-electron chi connectivity index (χ2n) is 6.35. The lowest BCUT2D eigenvalue weighted by Crippen LogP contribution is -2.23. The van der Waals surface area contributed by atoms with E-state index in [4.69, 9.17) is 9.84 Å². The summed E-state index contributed by atoms with van der Waals surface area (Å²) in [5.74, 6) is -0.483. The number of carbonyl (C=O) groups is 1. The van der Waals surface area contributed by atoms with Gasteiger partial charge in [0.2, 0.25) is 0 Å². The summed E-state index contributed by atoms with van der Waals surface area (Å²) in [4.78, 5) is 18.2. The van der Waals surface area contributed by atoms with Crippen LogP contribution in [0.1, 0.15) is 24.2 Å². The van der Waals surface area contributed by atoms with E-state index < -0.39 is 18.2 Å². The molecule has 0 aliphatic carbocycles. The SMILES string of the molecule is C[C@H](Oc1cccc2c(CCNC[C@@H](O)c3cccnc3)c[nH]c12)C(=O)O. The molecule has 2 heterocycles. The largest absolute Gasteiger partial charge is 0.479 e. The fourth-order valence-corrected chi connectivity index (χ4v) is 2.88. The normalized spacial score (nSPS) is 13.4. The van der Waals surface area contributed by atoms with E-state index in [1.54, 1.807) is 24.5 Å². The molecule has 0 saturated carbocycles. The topological polar surface area (TPSA) is 107 Å². The molecule has 0 fully saturated rings. The summed E-state index contributed by atoms with van der Waals surface area (Å²) in [6.07, 6.45) is 4.48. The van der Waals surface area contributed by atoms with Crippen LogP contribution >= 0.6 is 0 Å². The van der Waals surface area contributed by atoms with Gasteiger partial charge in [0.25, 0.3) is 0 Å². The molecule has 0 radical (unpaired) electrons. The maximum atomic E-state index is 11.0. The Morgan fingerprint density at radius 3 is 2.93 bits per heavy atom. The number of aliphatic hydroxyl groups is 1. The number of rotatable bonds is 9. The highest BCUT2D eigenvalue weighted by atomic mass is 16.5. The van der Waals surface area contributed by atoms with Gasteiger partial charge in [0, 0.05) is 36.1 Å². The van der Waals surface area contributed by atoms with Crippen molar-refractivity contribution in [3.8, 4) is 5.75 Å². The van der Waals surface area contributed by atoms with Crippen LogP contribution in [0.2, 0.25) is 0 Å². The van der Waals surface area contributed by atoms with Crippen LogP contribution in [0.3, 0.4) is 0 Å². The molecule has 0 spiro atoms. The van der Waals surface area contributed by atoms with Crippen LogP contribution in [-0.2, 0) is 11.2 Å². The van der Waals surface area contributed by atoms with Crippen LogP contribution in [0.25, 0.3) is 10.9 Å². The number of fused-ring (bicyclic) bond motifs is 1. The van der Waals surface area contributed by atoms with Crippen molar-refractivity contribution >= 4 is 16.9 Å². The number of hydrogen-bond acceptors (Lipinski definition) is 5. The number of aromatic amines is 1. The fourth-order valence-electron chi connectivity index (χ4n) is 2.88. The van der Waals surface area contributed by atoms with Crippen molar-refractivity contribution in [3.05, 3.63) is 60.0 Å². The molecule has 2 atom stereocenters.